The van der Waals surface area contributed by atoms with Crippen molar-refractivity contribution in [3.05, 3.63) is 35.4 Å². The van der Waals surface area contributed by atoms with Gasteiger partial charge in [-0.1, -0.05) is 31.2 Å². The minimum atomic E-state index is -1.31. The molecule has 14 heavy (non-hydrogen) atoms. The van der Waals surface area contributed by atoms with Gasteiger partial charge in [-0.25, -0.2) is 4.39 Å². The molecule has 0 saturated carbocycles. The molecule has 0 spiro atoms. The number of aliphatic hydroxyl groups excluding tert-OH is 1. The highest BCUT2D eigenvalue weighted by molar-refractivity contribution is 5.29. The molecule has 1 atom stereocenters. The largest absolute Gasteiger partial charge is 0.396 e. The van der Waals surface area contributed by atoms with Crippen LogP contribution in [0.1, 0.15) is 37.8 Å². The van der Waals surface area contributed by atoms with Crippen molar-refractivity contribution in [2.75, 3.05) is 6.61 Å². The Bertz CT molecular complexity index is 301. The van der Waals surface area contributed by atoms with Crippen molar-refractivity contribution in [1.29, 1.82) is 0 Å². The zero-order valence-corrected chi connectivity index (χ0v) is 8.92. The zero-order chi connectivity index (χ0) is 10.8. The number of alkyl halides is 1. The molecule has 78 valence electrons. The Morgan fingerprint density at radius 2 is 2.07 bits per heavy atom. The summed E-state index contributed by atoms with van der Waals surface area (Å²) in [7, 11) is 0. The lowest BCUT2D eigenvalue weighted by Crippen LogP contribution is -2.10. The summed E-state index contributed by atoms with van der Waals surface area (Å²) in [6.45, 7) is 5.09. The summed E-state index contributed by atoms with van der Waals surface area (Å²) < 4.78 is 13.6. The maximum absolute atomic E-state index is 13.6. The van der Waals surface area contributed by atoms with Gasteiger partial charge in [0.15, 0.2) is 0 Å². The van der Waals surface area contributed by atoms with Crippen LogP contribution in [-0.2, 0) is 5.67 Å². The molecular formula is C12H17FO. The standard InChI is InChI=1S/C12H17FO/c1-9(8-14)10-5-4-6-11(7-10)12(2,3)13/h4-7,9,14H,8H2,1-3H3. The van der Waals surface area contributed by atoms with Gasteiger partial charge in [0.2, 0.25) is 0 Å². The number of hydrogen-bond donors (Lipinski definition) is 1. The molecule has 1 aromatic rings. The van der Waals surface area contributed by atoms with E-state index >= 15 is 0 Å². The summed E-state index contributed by atoms with van der Waals surface area (Å²) in [6.07, 6.45) is 0. The molecule has 0 bridgehead atoms. The molecule has 0 aliphatic rings. The maximum Gasteiger partial charge on any atom is 0.130 e. The average Bonchev–Trinajstić information content (AvgIpc) is 2.15. The Kier molecular flexibility index (Phi) is 3.27. The van der Waals surface area contributed by atoms with Crippen LogP contribution < -0.4 is 0 Å². The topological polar surface area (TPSA) is 20.2 Å². The second-order valence-corrected chi connectivity index (χ2v) is 4.18. The molecule has 1 unspecified atom stereocenters. The monoisotopic (exact) mass is 196 g/mol. The molecule has 0 saturated heterocycles. The summed E-state index contributed by atoms with van der Waals surface area (Å²) in [4.78, 5) is 0. The van der Waals surface area contributed by atoms with Crippen molar-refractivity contribution < 1.29 is 9.50 Å². The molecule has 0 fully saturated rings. The van der Waals surface area contributed by atoms with Crippen LogP contribution >= 0.6 is 0 Å². The Morgan fingerprint density at radius 3 is 2.57 bits per heavy atom. The molecule has 0 aliphatic heterocycles. The van der Waals surface area contributed by atoms with Gasteiger partial charge in [0.05, 0.1) is 0 Å². The summed E-state index contributed by atoms with van der Waals surface area (Å²) in [5.41, 5.74) is 0.330. The highest BCUT2D eigenvalue weighted by Gasteiger charge is 2.19. The fourth-order valence-electron chi connectivity index (χ4n) is 1.32. The fourth-order valence-corrected chi connectivity index (χ4v) is 1.32. The van der Waals surface area contributed by atoms with Crippen LogP contribution in [0.5, 0.6) is 0 Å². The first kappa shape index (κ1) is 11.2. The summed E-state index contributed by atoms with van der Waals surface area (Å²) in [6, 6.07) is 7.34. The molecule has 1 aromatic carbocycles. The van der Waals surface area contributed by atoms with E-state index in [2.05, 4.69) is 0 Å². The highest BCUT2D eigenvalue weighted by atomic mass is 19.1. The molecule has 1 rings (SSSR count). The Labute approximate surface area is 84.6 Å². The van der Waals surface area contributed by atoms with Crippen LogP contribution in [0.4, 0.5) is 4.39 Å². The molecule has 0 amide bonds. The van der Waals surface area contributed by atoms with Gasteiger partial charge in [-0.2, -0.15) is 0 Å². The first-order valence-electron chi connectivity index (χ1n) is 4.85. The van der Waals surface area contributed by atoms with E-state index in [4.69, 9.17) is 5.11 Å². The Morgan fingerprint density at radius 1 is 1.43 bits per heavy atom. The molecule has 0 radical (unpaired) electrons. The number of benzene rings is 1. The molecule has 2 heteroatoms. The summed E-state index contributed by atoms with van der Waals surface area (Å²) >= 11 is 0. The van der Waals surface area contributed by atoms with Crippen molar-refractivity contribution in [2.45, 2.75) is 32.4 Å². The molecule has 1 nitrogen and oxygen atoms in total. The van der Waals surface area contributed by atoms with E-state index in [1.165, 1.54) is 13.8 Å². The van der Waals surface area contributed by atoms with Crippen molar-refractivity contribution in [1.82, 2.24) is 0 Å². The van der Waals surface area contributed by atoms with Gasteiger partial charge >= 0.3 is 0 Å². The first-order chi connectivity index (χ1) is 6.45. The highest BCUT2D eigenvalue weighted by Crippen LogP contribution is 2.27. The van der Waals surface area contributed by atoms with Crippen molar-refractivity contribution in [3.8, 4) is 0 Å². The smallest absolute Gasteiger partial charge is 0.130 e. The fraction of sp³-hybridized carbons (Fsp3) is 0.500. The van der Waals surface area contributed by atoms with Crippen LogP contribution in [-0.4, -0.2) is 11.7 Å². The third-order valence-electron chi connectivity index (χ3n) is 2.42. The quantitative estimate of drug-likeness (QED) is 0.788. The average molecular weight is 196 g/mol. The summed E-state index contributed by atoms with van der Waals surface area (Å²) in [5.74, 6) is 0.0669. The van der Waals surface area contributed by atoms with Gasteiger partial charge < -0.3 is 5.11 Å². The van der Waals surface area contributed by atoms with E-state index < -0.39 is 5.67 Å². The van der Waals surface area contributed by atoms with Crippen molar-refractivity contribution in [2.24, 2.45) is 0 Å². The maximum atomic E-state index is 13.6. The van der Waals surface area contributed by atoms with Crippen molar-refractivity contribution >= 4 is 0 Å². The van der Waals surface area contributed by atoms with E-state index in [0.29, 0.717) is 5.56 Å². The van der Waals surface area contributed by atoms with E-state index in [9.17, 15) is 4.39 Å². The number of aliphatic hydroxyl groups is 1. The lowest BCUT2D eigenvalue weighted by molar-refractivity contribution is 0.221. The molecule has 0 heterocycles. The molecule has 1 N–H and O–H groups in total. The van der Waals surface area contributed by atoms with Crippen LogP contribution in [0.2, 0.25) is 0 Å². The first-order valence-corrected chi connectivity index (χ1v) is 4.85. The summed E-state index contributed by atoms with van der Waals surface area (Å²) in [5, 5.41) is 8.99. The molecule has 0 aromatic heterocycles. The van der Waals surface area contributed by atoms with Crippen LogP contribution in [0.15, 0.2) is 24.3 Å². The predicted molar refractivity (Wildman–Crippen MR) is 56.1 cm³/mol. The van der Waals surface area contributed by atoms with Gasteiger partial charge in [0, 0.05) is 12.5 Å². The molecular weight excluding hydrogens is 179 g/mol. The van der Waals surface area contributed by atoms with E-state index in [-0.39, 0.29) is 12.5 Å². The zero-order valence-electron chi connectivity index (χ0n) is 8.92. The van der Waals surface area contributed by atoms with Crippen molar-refractivity contribution in [3.63, 3.8) is 0 Å². The van der Waals surface area contributed by atoms with E-state index in [0.717, 1.165) is 5.56 Å². The normalized spacial score (nSPS) is 14.1. The number of rotatable bonds is 3. The number of hydrogen-bond acceptors (Lipinski definition) is 1. The predicted octanol–water partition coefficient (Wildman–Crippen LogP) is 2.99. The molecule has 0 aliphatic carbocycles. The Balaban J connectivity index is 3.01. The van der Waals surface area contributed by atoms with Gasteiger partial charge in [0.25, 0.3) is 0 Å². The van der Waals surface area contributed by atoms with Gasteiger partial charge in [-0.15, -0.1) is 0 Å². The minimum absolute atomic E-state index is 0.0669. The van der Waals surface area contributed by atoms with Crippen LogP contribution in [0.25, 0.3) is 0 Å². The number of halogens is 1. The van der Waals surface area contributed by atoms with E-state index in [1.54, 1.807) is 6.07 Å². The van der Waals surface area contributed by atoms with E-state index in [1.807, 2.05) is 25.1 Å². The van der Waals surface area contributed by atoms with Gasteiger partial charge in [-0.05, 0) is 25.0 Å². The third-order valence-corrected chi connectivity index (χ3v) is 2.42. The SMILES string of the molecule is CC(CO)c1cccc(C(C)(C)F)c1. The lowest BCUT2D eigenvalue weighted by Gasteiger charge is -2.17. The minimum Gasteiger partial charge on any atom is -0.396 e. The van der Waals surface area contributed by atoms with Gasteiger partial charge in [-0.3, -0.25) is 0 Å². The second-order valence-electron chi connectivity index (χ2n) is 4.18. The van der Waals surface area contributed by atoms with Crippen LogP contribution in [0, 0.1) is 0 Å². The third kappa shape index (κ3) is 2.55. The lowest BCUT2D eigenvalue weighted by atomic mass is 9.94. The van der Waals surface area contributed by atoms with Crippen LogP contribution in [0.3, 0.4) is 0 Å². The second kappa shape index (κ2) is 4.09. The van der Waals surface area contributed by atoms with Gasteiger partial charge in [0.1, 0.15) is 5.67 Å². The Hall–Kier alpha value is -0.890.